The monoisotopic (exact) mass is 309 g/mol. The third-order valence-electron chi connectivity index (χ3n) is 4.14. The van der Waals surface area contributed by atoms with Crippen molar-refractivity contribution in [3.8, 4) is 0 Å². The lowest BCUT2D eigenvalue weighted by Crippen LogP contribution is -2.26. The number of fused-ring (bicyclic) bond motifs is 1. The first-order valence-electron chi connectivity index (χ1n) is 7.30. The SMILES string of the molecule is CCn1nc(C)c2nc(C(C)Cl)n(C3CCN(C)C3=O)c21. The number of aryl methyl sites for hydroxylation is 2. The smallest absolute Gasteiger partial charge is 0.245 e. The molecule has 1 fully saturated rings. The first-order chi connectivity index (χ1) is 9.95. The van der Waals surface area contributed by atoms with Gasteiger partial charge in [-0.05, 0) is 27.2 Å². The summed E-state index contributed by atoms with van der Waals surface area (Å²) in [5, 5.41) is 4.26. The van der Waals surface area contributed by atoms with Crippen molar-refractivity contribution in [2.75, 3.05) is 13.6 Å². The highest BCUT2D eigenvalue weighted by Gasteiger charge is 2.35. The predicted octanol–water partition coefficient (Wildman–Crippen LogP) is 2.26. The maximum Gasteiger partial charge on any atom is 0.245 e. The lowest BCUT2D eigenvalue weighted by Gasteiger charge is -2.17. The molecule has 0 aliphatic carbocycles. The van der Waals surface area contributed by atoms with E-state index >= 15 is 0 Å². The van der Waals surface area contributed by atoms with Crippen LogP contribution >= 0.6 is 11.6 Å². The number of alkyl halides is 1. The third-order valence-corrected chi connectivity index (χ3v) is 4.33. The van der Waals surface area contributed by atoms with Gasteiger partial charge in [0.1, 0.15) is 17.4 Å². The van der Waals surface area contributed by atoms with Crippen LogP contribution in [0.3, 0.4) is 0 Å². The summed E-state index contributed by atoms with van der Waals surface area (Å²) in [5.74, 6) is 0.873. The van der Waals surface area contributed by atoms with Crippen molar-refractivity contribution in [1.29, 1.82) is 0 Å². The molecule has 1 amide bonds. The maximum atomic E-state index is 12.4. The lowest BCUT2D eigenvalue weighted by molar-refractivity contribution is -0.129. The Morgan fingerprint density at radius 1 is 1.48 bits per heavy atom. The fourth-order valence-electron chi connectivity index (χ4n) is 3.06. The number of imidazole rings is 1. The van der Waals surface area contributed by atoms with Crippen LogP contribution in [-0.4, -0.2) is 43.7 Å². The summed E-state index contributed by atoms with van der Waals surface area (Å²) in [5.41, 5.74) is 2.64. The largest absolute Gasteiger partial charge is 0.344 e. The van der Waals surface area contributed by atoms with Crippen molar-refractivity contribution in [3.63, 3.8) is 0 Å². The van der Waals surface area contributed by atoms with E-state index in [1.165, 1.54) is 0 Å². The van der Waals surface area contributed by atoms with Gasteiger partial charge in [0.2, 0.25) is 5.91 Å². The van der Waals surface area contributed by atoms with Gasteiger partial charge < -0.3 is 4.90 Å². The quantitative estimate of drug-likeness (QED) is 0.817. The fourth-order valence-corrected chi connectivity index (χ4v) is 3.21. The van der Waals surface area contributed by atoms with Crippen LogP contribution in [0.25, 0.3) is 11.2 Å². The summed E-state index contributed by atoms with van der Waals surface area (Å²) in [4.78, 5) is 18.9. The summed E-state index contributed by atoms with van der Waals surface area (Å²) >= 11 is 6.31. The van der Waals surface area contributed by atoms with Crippen molar-refractivity contribution in [2.45, 2.75) is 45.2 Å². The average Bonchev–Trinajstić information content (AvgIpc) is 3.06. The van der Waals surface area contributed by atoms with Crippen LogP contribution in [0.15, 0.2) is 0 Å². The highest BCUT2D eigenvalue weighted by atomic mass is 35.5. The predicted molar refractivity (Wildman–Crippen MR) is 81.5 cm³/mol. The van der Waals surface area contributed by atoms with Crippen LogP contribution in [0.5, 0.6) is 0 Å². The van der Waals surface area contributed by atoms with E-state index in [2.05, 4.69) is 10.1 Å². The second-order valence-corrected chi connectivity index (χ2v) is 6.25. The first-order valence-corrected chi connectivity index (χ1v) is 7.73. The molecule has 2 aromatic rings. The number of carbonyl (C=O) groups excluding carboxylic acids is 1. The maximum absolute atomic E-state index is 12.4. The lowest BCUT2D eigenvalue weighted by atomic mass is 10.2. The molecule has 0 radical (unpaired) electrons. The third kappa shape index (κ3) is 2.04. The van der Waals surface area contributed by atoms with Crippen molar-refractivity contribution in [3.05, 3.63) is 11.5 Å². The van der Waals surface area contributed by atoms with Gasteiger partial charge in [-0.3, -0.25) is 9.36 Å². The zero-order valence-corrected chi connectivity index (χ0v) is 13.6. The molecule has 7 heteroatoms. The molecule has 0 N–H and O–H groups in total. The Hall–Kier alpha value is -1.56. The summed E-state index contributed by atoms with van der Waals surface area (Å²) in [6.45, 7) is 7.37. The molecule has 3 rings (SSSR count). The molecule has 1 aliphatic rings. The minimum absolute atomic E-state index is 0.120. The summed E-state index contributed by atoms with van der Waals surface area (Å²) < 4.78 is 3.91. The van der Waals surface area contributed by atoms with Gasteiger partial charge in [0.15, 0.2) is 5.65 Å². The Morgan fingerprint density at radius 2 is 2.19 bits per heavy atom. The Morgan fingerprint density at radius 3 is 2.71 bits per heavy atom. The van der Waals surface area contributed by atoms with Crippen molar-refractivity contribution < 1.29 is 4.79 Å². The van der Waals surface area contributed by atoms with Crippen LogP contribution in [0.4, 0.5) is 0 Å². The molecular formula is C14H20ClN5O. The van der Waals surface area contributed by atoms with E-state index in [4.69, 9.17) is 11.6 Å². The van der Waals surface area contributed by atoms with Crippen LogP contribution < -0.4 is 0 Å². The van der Waals surface area contributed by atoms with Gasteiger partial charge in [0.05, 0.1) is 11.1 Å². The molecule has 3 heterocycles. The number of hydrogen-bond acceptors (Lipinski definition) is 3. The Bertz CT molecular complexity index is 702. The van der Waals surface area contributed by atoms with Gasteiger partial charge in [-0.2, -0.15) is 5.10 Å². The van der Waals surface area contributed by atoms with Gasteiger partial charge in [-0.15, -0.1) is 11.6 Å². The molecule has 0 spiro atoms. The number of halogens is 1. The number of likely N-dealkylation sites (tertiary alicyclic amines) is 1. The van der Waals surface area contributed by atoms with Crippen LogP contribution in [0.2, 0.25) is 0 Å². The van der Waals surface area contributed by atoms with Crippen LogP contribution in [0, 0.1) is 6.92 Å². The Labute approximate surface area is 128 Å². The van der Waals surface area contributed by atoms with E-state index in [0.717, 1.165) is 42.2 Å². The zero-order chi connectivity index (χ0) is 15.3. The number of likely N-dealkylation sites (N-methyl/N-ethyl adjacent to an activating group) is 1. The number of carbonyl (C=O) groups is 1. The minimum atomic E-state index is -0.249. The van der Waals surface area contributed by atoms with Gasteiger partial charge in [-0.25, -0.2) is 9.67 Å². The number of aromatic nitrogens is 4. The molecule has 6 nitrogen and oxygen atoms in total. The molecule has 21 heavy (non-hydrogen) atoms. The van der Waals surface area contributed by atoms with E-state index < -0.39 is 0 Å². The molecule has 0 aromatic carbocycles. The summed E-state index contributed by atoms with van der Waals surface area (Å²) in [6, 6.07) is -0.224. The van der Waals surface area contributed by atoms with Gasteiger partial charge in [-0.1, -0.05) is 0 Å². The molecule has 1 saturated heterocycles. The Kier molecular flexibility index (Phi) is 3.43. The minimum Gasteiger partial charge on any atom is -0.344 e. The molecule has 2 unspecified atom stereocenters. The van der Waals surface area contributed by atoms with Gasteiger partial charge in [0, 0.05) is 20.1 Å². The normalized spacial score (nSPS) is 20.7. The number of amides is 1. The standard InChI is InChI=1S/C14H20ClN5O/c1-5-19-13-11(9(3)17-19)16-12(8(2)15)20(13)10-6-7-18(4)14(10)21/h8,10H,5-7H2,1-4H3. The van der Waals surface area contributed by atoms with Crippen LogP contribution in [0.1, 0.15) is 43.2 Å². The zero-order valence-electron chi connectivity index (χ0n) is 12.8. The molecule has 2 aromatic heterocycles. The van der Waals surface area contributed by atoms with E-state index in [-0.39, 0.29) is 17.3 Å². The number of hydrogen-bond donors (Lipinski definition) is 0. The van der Waals surface area contributed by atoms with Crippen LogP contribution in [-0.2, 0) is 11.3 Å². The molecular weight excluding hydrogens is 290 g/mol. The molecule has 1 aliphatic heterocycles. The van der Waals surface area contributed by atoms with E-state index in [0.29, 0.717) is 0 Å². The highest BCUT2D eigenvalue weighted by Crippen LogP contribution is 2.33. The van der Waals surface area contributed by atoms with Crippen molar-refractivity contribution in [1.82, 2.24) is 24.2 Å². The molecule has 2 atom stereocenters. The highest BCUT2D eigenvalue weighted by molar-refractivity contribution is 6.20. The number of rotatable bonds is 3. The van der Waals surface area contributed by atoms with Gasteiger partial charge in [0.25, 0.3) is 0 Å². The topological polar surface area (TPSA) is 56.0 Å². The van der Waals surface area contributed by atoms with E-state index in [1.54, 1.807) is 4.90 Å². The number of nitrogens with zero attached hydrogens (tertiary/aromatic N) is 5. The van der Waals surface area contributed by atoms with E-state index in [1.807, 2.05) is 37.1 Å². The average molecular weight is 310 g/mol. The summed E-state index contributed by atoms with van der Waals surface area (Å²) in [7, 11) is 1.84. The fraction of sp³-hybridized carbons (Fsp3) is 0.643. The van der Waals surface area contributed by atoms with Gasteiger partial charge >= 0.3 is 0 Å². The van der Waals surface area contributed by atoms with Crippen molar-refractivity contribution >= 4 is 28.7 Å². The molecule has 0 saturated carbocycles. The summed E-state index contributed by atoms with van der Waals surface area (Å²) in [6.07, 6.45) is 0.783. The molecule has 0 bridgehead atoms. The first kappa shape index (κ1) is 14.4. The second-order valence-electron chi connectivity index (χ2n) is 5.59. The van der Waals surface area contributed by atoms with Crippen molar-refractivity contribution in [2.24, 2.45) is 0 Å². The van der Waals surface area contributed by atoms with E-state index in [9.17, 15) is 4.79 Å². The molecule has 114 valence electrons. The Balaban J connectivity index is 2.27. The second kappa shape index (κ2) is 5.02.